The third-order valence-electron chi connectivity index (χ3n) is 5.64. The minimum absolute atomic E-state index is 0.0414. The van der Waals surface area contributed by atoms with Crippen LogP contribution in [0, 0.1) is 5.41 Å². The Balaban J connectivity index is 1.89. The Labute approximate surface area is 175 Å². The molecule has 158 valence electrons. The predicted molar refractivity (Wildman–Crippen MR) is 115 cm³/mol. The monoisotopic (exact) mass is 409 g/mol. The normalized spacial score (nSPS) is 15.7. The lowest BCUT2D eigenvalue weighted by molar-refractivity contribution is 0.112. The fraction of sp³-hybridized carbons (Fsp3) is 0.435. The summed E-state index contributed by atoms with van der Waals surface area (Å²) in [7, 11) is 1.67. The maximum absolute atomic E-state index is 12.5. The molecule has 0 unspecified atom stereocenters. The first kappa shape index (κ1) is 20.3. The molecule has 1 aliphatic rings. The van der Waals surface area contributed by atoms with Gasteiger partial charge in [-0.1, -0.05) is 32.9 Å². The Morgan fingerprint density at radius 2 is 2.07 bits per heavy atom. The van der Waals surface area contributed by atoms with Gasteiger partial charge in [0.25, 0.3) is 0 Å². The Bertz CT molecular complexity index is 1150. The first-order chi connectivity index (χ1) is 14.3. The van der Waals surface area contributed by atoms with E-state index in [0.29, 0.717) is 26.0 Å². The zero-order chi connectivity index (χ0) is 21.5. The van der Waals surface area contributed by atoms with Crippen molar-refractivity contribution >= 4 is 17.2 Å². The molecule has 7 nitrogen and oxygen atoms in total. The van der Waals surface area contributed by atoms with E-state index in [0.717, 1.165) is 34.5 Å². The van der Waals surface area contributed by atoms with Crippen molar-refractivity contribution in [2.45, 2.75) is 39.8 Å². The van der Waals surface area contributed by atoms with Gasteiger partial charge in [0.2, 0.25) is 0 Å². The Kier molecular flexibility index (Phi) is 5.24. The van der Waals surface area contributed by atoms with Gasteiger partial charge in [0.1, 0.15) is 11.3 Å². The molecule has 0 bridgehead atoms. The molecule has 0 N–H and O–H groups in total. The number of benzene rings is 1. The smallest absolute Gasteiger partial charge is 0.192 e. The predicted octanol–water partition coefficient (Wildman–Crippen LogP) is 3.69. The SMILES string of the molecule is COCCCOc1cccc2c3n(nc12)C[C@@H](C(C)(C)C)n1cc(C=O)c(=O)cc1-3. The minimum atomic E-state index is -0.279. The van der Waals surface area contributed by atoms with Crippen molar-refractivity contribution in [2.24, 2.45) is 5.41 Å². The summed E-state index contributed by atoms with van der Waals surface area (Å²) < 4.78 is 15.1. The van der Waals surface area contributed by atoms with E-state index in [1.807, 2.05) is 22.9 Å². The number of hydrogen-bond donors (Lipinski definition) is 0. The summed E-state index contributed by atoms with van der Waals surface area (Å²) in [5.41, 5.74) is 2.22. The van der Waals surface area contributed by atoms with Crippen molar-refractivity contribution in [2.75, 3.05) is 20.3 Å². The van der Waals surface area contributed by atoms with E-state index in [1.54, 1.807) is 19.4 Å². The van der Waals surface area contributed by atoms with Crippen molar-refractivity contribution in [3.8, 4) is 17.1 Å². The van der Waals surface area contributed by atoms with E-state index < -0.39 is 0 Å². The Morgan fingerprint density at radius 1 is 1.27 bits per heavy atom. The molecule has 4 rings (SSSR count). The van der Waals surface area contributed by atoms with Gasteiger partial charge < -0.3 is 14.0 Å². The van der Waals surface area contributed by atoms with Gasteiger partial charge in [0, 0.05) is 37.8 Å². The van der Waals surface area contributed by atoms with Gasteiger partial charge in [-0.05, 0) is 11.5 Å². The number of ether oxygens (including phenoxy) is 2. The van der Waals surface area contributed by atoms with Crippen LogP contribution < -0.4 is 10.2 Å². The van der Waals surface area contributed by atoms with E-state index >= 15 is 0 Å². The quantitative estimate of drug-likeness (QED) is 0.458. The molecule has 3 heterocycles. The molecule has 2 aromatic heterocycles. The standard InChI is InChI=1S/C23H27N3O4/c1-23(2,3)20-13-26-22(17-11-18(28)15(14-27)12-25(17)20)16-7-5-8-19(21(16)24-26)30-10-6-9-29-4/h5,7-8,11-12,14,20H,6,9-10,13H2,1-4H3/t20-/m0/s1. The second-order valence-electron chi connectivity index (χ2n) is 8.76. The van der Waals surface area contributed by atoms with Crippen molar-refractivity contribution in [1.29, 1.82) is 0 Å². The average molecular weight is 409 g/mol. The van der Waals surface area contributed by atoms with Gasteiger partial charge in [-0.3, -0.25) is 14.3 Å². The number of nitrogens with zero attached hydrogens (tertiary/aromatic N) is 3. The molecule has 0 aliphatic carbocycles. The van der Waals surface area contributed by atoms with Gasteiger partial charge in [0.05, 0.1) is 36.1 Å². The minimum Gasteiger partial charge on any atom is -0.491 e. The average Bonchev–Trinajstić information content (AvgIpc) is 3.09. The van der Waals surface area contributed by atoms with Crippen LogP contribution in [0.1, 0.15) is 43.6 Å². The first-order valence-corrected chi connectivity index (χ1v) is 10.2. The van der Waals surface area contributed by atoms with Crippen LogP contribution in [0.25, 0.3) is 22.3 Å². The Hall–Kier alpha value is -2.93. The number of carbonyl (C=O) groups is 1. The first-order valence-electron chi connectivity index (χ1n) is 10.2. The zero-order valence-corrected chi connectivity index (χ0v) is 17.8. The van der Waals surface area contributed by atoms with Crippen molar-refractivity contribution < 1.29 is 14.3 Å². The van der Waals surface area contributed by atoms with Crippen LogP contribution in [0.2, 0.25) is 0 Å². The van der Waals surface area contributed by atoms with Crippen molar-refractivity contribution in [3.63, 3.8) is 0 Å². The van der Waals surface area contributed by atoms with Gasteiger partial charge in [0.15, 0.2) is 11.7 Å². The van der Waals surface area contributed by atoms with Gasteiger partial charge in [-0.15, -0.1) is 0 Å². The number of pyridine rings is 1. The fourth-order valence-electron chi connectivity index (χ4n) is 4.08. The third-order valence-corrected chi connectivity index (χ3v) is 5.64. The van der Waals surface area contributed by atoms with Crippen LogP contribution in [0.4, 0.5) is 0 Å². The molecule has 0 saturated heterocycles. The molecule has 0 fully saturated rings. The Morgan fingerprint density at radius 3 is 2.77 bits per heavy atom. The second-order valence-corrected chi connectivity index (χ2v) is 8.76. The number of methoxy groups -OCH3 is 1. The molecule has 0 radical (unpaired) electrons. The highest BCUT2D eigenvalue weighted by atomic mass is 16.5. The highest BCUT2D eigenvalue weighted by molar-refractivity contribution is 5.96. The summed E-state index contributed by atoms with van der Waals surface area (Å²) in [5.74, 6) is 0.719. The number of aldehydes is 1. The molecular weight excluding hydrogens is 382 g/mol. The van der Waals surface area contributed by atoms with Crippen LogP contribution in [0.3, 0.4) is 0 Å². The van der Waals surface area contributed by atoms with Crippen LogP contribution in [0.15, 0.2) is 35.3 Å². The molecular formula is C23H27N3O4. The van der Waals surface area contributed by atoms with E-state index in [-0.39, 0.29) is 22.4 Å². The molecule has 0 amide bonds. The van der Waals surface area contributed by atoms with Crippen LogP contribution in [-0.2, 0) is 11.3 Å². The molecule has 7 heteroatoms. The van der Waals surface area contributed by atoms with E-state index in [4.69, 9.17) is 14.6 Å². The van der Waals surface area contributed by atoms with Gasteiger partial charge >= 0.3 is 0 Å². The lowest BCUT2D eigenvalue weighted by Gasteiger charge is -2.38. The van der Waals surface area contributed by atoms with Gasteiger partial charge in [-0.25, -0.2) is 0 Å². The lowest BCUT2D eigenvalue weighted by atomic mass is 9.85. The maximum Gasteiger partial charge on any atom is 0.192 e. The van der Waals surface area contributed by atoms with E-state index in [1.165, 1.54) is 0 Å². The maximum atomic E-state index is 12.5. The number of hydrogen-bond acceptors (Lipinski definition) is 5. The third kappa shape index (κ3) is 3.43. The number of fused-ring (bicyclic) bond motifs is 5. The van der Waals surface area contributed by atoms with Crippen LogP contribution in [-0.4, -0.2) is 41.0 Å². The fourth-order valence-corrected chi connectivity index (χ4v) is 4.08. The number of carbonyl (C=O) groups excluding carboxylic acids is 1. The summed E-state index contributed by atoms with van der Waals surface area (Å²) >= 11 is 0. The summed E-state index contributed by atoms with van der Waals surface area (Å²) in [6.45, 7) is 8.28. The summed E-state index contributed by atoms with van der Waals surface area (Å²) in [5, 5.41) is 5.79. The van der Waals surface area contributed by atoms with Crippen molar-refractivity contribution in [3.05, 3.63) is 46.2 Å². The zero-order valence-electron chi connectivity index (χ0n) is 17.8. The molecule has 3 aromatic rings. The van der Waals surface area contributed by atoms with E-state index in [9.17, 15) is 9.59 Å². The van der Waals surface area contributed by atoms with E-state index in [2.05, 4.69) is 25.3 Å². The summed E-state index contributed by atoms with van der Waals surface area (Å²) in [6.07, 6.45) is 3.11. The summed E-state index contributed by atoms with van der Waals surface area (Å²) in [4.78, 5) is 23.9. The summed E-state index contributed by atoms with van der Waals surface area (Å²) in [6, 6.07) is 7.45. The highest BCUT2D eigenvalue weighted by Crippen LogP contribution is 2.42. The van der Waals surface area contributed by atoms with Crippen LogP contribution in [0.5, 0.6) is 5.75 Å². The van der Waals surface area contributed by atoms with Crippen molar-refractivity contribution in [1.82, 2.24) is 14.3 Å². The molecule has 0 saturated carbocycles. The lowest BCUT2D eigenvalue weighted by Crippen LogP contribution is -2.34. The molecule has 0 spiro atoms. The van der Waals surface area contributed by atoms with Crippen LogP contribution >= 0.6 is 0 Å². The van der Waals surface area contributed by atoms with Gasteiger partial charge in [-0.2, -0.15) is 5.10 Å². The largest absolute Gasteiger partial charge is 0.491 e. The molecule has 1 aromatic carbocycles. The highest BCUT2D eigenvalue weighted by Gasteiger charge is 2.35. The topological polar surface area (TPSA) is 75.3 Å². The molecule has 30 heavy (non-hydrogen) atoms. The molecule has 1 aliphatic heterocycles. The molecule has 1 atom stereocenters. The second kappa shape index (κ2) is 7.72. The number of aromatic nitrogens is 3. The number of rotatable bonds is 6.